The van der Waals surface area contributed by atoms with Crippen LogP contribution in [0.1, 0.15) is 37.6 Å². The summed E-state index contributed by atoms with van der Waals surface area (Å²) < 4.78 is 31.6. The Balaban J connectivity index is 1.85. The van der Waals surface area contributed by atoms with E-state index in [4.69, 9.17) is 4.52 Å². The number of aromatic nitrogens is 2. The van der Waals surface area contributed by atoms with E-state index in [0.717, 1.165) is 31.9 Å². The maximum atomic E-state index is 13.2. The fourth-order valence-corrected chi connectivity index (χ4v) is 2.42. The van der Waals surface area contributed by atoms with Crippen molar-refractivity contribution >= 4 is 0 Å². The molecular weight excluding hydrogens is 264 g/mol. The number of hydrogen-bond donors (Lipinski definition) is 1. The highest BCUT2D eigenvalue weighted by atomic mass is 19.1. The lowest BCUT2D eigenvalue weighted by atomic mass is 10.1. The van der Waals surface area contributed by atoms with Crippen molar-refractivity contribution in [3.05, 3.63) is 35.7 Å². The summed E-state index contributed by atoms with van der Waals surface area (Å²) in [5.41, 5.74) is 0.283. The molecule has 1 aromatic heterocycles. The molecule has 0 saturated carbocycles. The first-order chi connectivity index (χ1) is 9.72. The lowest BCUT2D eigenvalue weighted by Gasteiger charge is -2.09. The second-order valence-corrected chi connectivity index (χ2v) is 4.97. The molecule has 0 amide bonds. The predicted molar refractivity (Wildman–Crippen MR) is 68.9 cm³/mol. The molecule has 3 rings (SSSR count). The van der Waals surface area contributed by atoms with Gasteiger partial charge in [0.05, 0.1) is 6.04 Å². The van der Waals surface area contributed by atoms with Gasteiger partial charge in [-0.15, -0.1) is 0 Å². The predicted octanol–water partition coefficient (Wildman–Crippen LogP) is 3.22. The van der Waals surface area contributed by atoms with Gasteiger partial charge in [0.2, 0.25) is 11.7 Å². The van der Waals surface area contributed by atoms with Crippen molar-refractivity contribution in [2.24, 2.45) is 0 Å². The van der Waals surface area contributed by atoms with Crippen molar-refractivity contribution in [3.63, 3.8) is 0 Å². The van der Waals surface area contributed by atoms with Crippen LogP contribution in [0, 0.1) is 11.6 Å². The van der Waals surface area contributed by atoms with Gasteiger partial charge in [0.1, 0.15) is 11.6 Å². The zero-order valence-electron chi connectivity index (χ0n) is 10.9. The van der Waals surface area contributed by atoms with Crippen molar-refractivity contribution in [3.8, 4) is 11.4 Å². The number of benzene rings is 1. The zero-order chi connectivity index (χ0) is 13.9. The molecule has 2 heterocycles. The minimum Gasteiger partial charge on any atom is -0.337 e. The van der Waals surface area contributed by atoms with Gasteiger partial charge in [-0.05, 0) is 31.5 Å². The molecule has 1 fully saturated rings. The normalized spacial score (nSPS) is 19.8. The smallest absolute Gasteiger partial charge is 0.244 e. The third-order valence-corrected chi connectivity index (χ3v) is 3.42. The lowest BCUT2D eigenvalue weighted by Crippen LogP contribution is -2.20. The second kappa shape index (κ2) is 5.66. The summed E-state index contributed by atoms with van der Waals surface area (Å²) in [6.45, 7) is 0.914. The lowest BCUT2D eigenvalue weighted by molar-refractivity contribution is 0.327. The Morgan fingerprint density at radius 1 is 1.10 bits per heavy atom. The topological polar surface area (TPSA) is 51.0 Å². The Morgan fingerprint density at radius 3 is 2.70 bits per heavy atom. The molecule has 106 valence electrons. The number of hydrogen-bond acceptors (Lipinski definition) is 4. The molecule has 20 heavy (non-hydrogen) atoms. The van der Waals surface area contributed by atoms with Crippen molar-refractivity contribution in [1.29, 1.82) is 0 Å². The summed E-state index contributed by atoms with van der Waals surface area (Å²) in [5, 5.41) is 7.16. The van der Waals surface area contributed by atoms with Crippen molar-refractivity contribution in [2.45, 2.75) is 31.7 Å². The maximum Gasteiger partial charge on any atom is 0.244 e. The molecule has 4 nitrogen and oxygen atoms in total. The number of nitrogens with one attached hydrogen (secondary N) is 1. The molecule has 1 saturated heterocycles. The summed E-state index contributed by atoms with van der Waals surface area (Å²) in [7, 11) is 0. The second-order valence-electron chi connectivity index (χ2n) is 4.97. The van der Waals surface area contributed by atoms with Crippen molar-refractivity contribution < 1.29 is 13.3 Å². The van der Waals surface area contributed by atoms with Gasteiger partial charge in [0.25, 0.3) is 0 Å². The summed E-state index contributed by atoms with van der Waals surface area (Å²) in [6.07, 6.45) is 4.34. The molecule has 1 N–H and O–H groups in total. The van der Waals surface area contributed by atoms with Crippen LogP contribution < -0.4 is 5.32 Å². The van der Waals surface area contributed by atoms with E-state index in [-0.39, 0.29) is 17.4 Å². The molecule has 1 unspecified atom stereocenters. The Hall–Kier alpha value is -1.82. The van der Waals surface area contributed by atoms with E-state index < -0.39 is 11.6 Å². The van der Waals surface area contributed by atoms with Crippen LogP contribution in [0.15, 0.2) is 22.7 Å². The molecule has 0 radical (unpaired) electrons. The van der Waals surface area contributed by atoms with E-state index in [1.165, 1.54) is 18.6 Å². The molecule has 1 atom stereocenters. The molecule has 1 aliphatic rings. The molecule has 6 heteroatoms. The minimum atomic E-state index is -0.654. The van der Waals surface area contributed by atoms with Crippen LogP contribution in [-0.2, 0) is 0 Å². The van der Waals surface area contributed by atoms with Gasteiger partial charge in [-0.1, -0.05) is 18.0 Å². The van der Waals surface area contributed by atoms with E-state index in [0.29, 0.717) is 5.89 Å². The molecule has 2 aromatic rings. The highest BCUT2D eigenvalue weighted by Gasteiger charge is 2.20. The van der Waals surface area contributed by atoms with Gasteiger partial charge in [-0.2, -0.15) is 4.98 Å². The van der Waals surface area contributed by atoms with Crippen LogP contribution in [0.3, 0.4) is 0 Å². The van der Waals surface area contributed by atoms with Crippen LogP contribution in [0.25, 0.3) is 11.4 Å². The van der Waals surface area contributed by atoms with Crippen molar-refractivity contribution in [1.82, 2.24) is 15.5 Å². The third-order valence-electron chi connectivity index (χ3n) is 3.42. The van der Waals surface area contributed by atoms with Gasteiger partial charge in [0, 0.05) is 11.6 Å². The van der Waals surface area contributed by atoms with E-state index in [9.17, 15) is 8.78 Å². The number of rotatable bonds is 2. The minimum absolute atomic E-state index is 0.0251. The first-order valence-electron chi connectivity index (χ1n) is 6.76. The number of nitrogens with zero attached hydrogens (tertiary/aromatic N) is 2. The third kappa shape index (κ3) is 2.85. The van der Waals surface area contributed by atoms with Gasteiger partial charge in [-0.3, -0.25) is 0 Å². The fraction of sp³-hybridized carbons (Fsp3) is 0.429. The quantitative estimate of drug-likeness (QED) is 0.917. The van der Waals surface area contributed by atoms with Crippen LogP contribution in [0.2, 0.25) is 0 Å². The number of halogens is 2. The van der Waals surface area contributed by atoms with E-state index in [1.807, 2.05) is 0 Å². The molecular formula is C14H15F2N3O. The Labute approximate surface area is 115 Å². The molecule has 1 aliphatic heterocycles. The Kier molecular flexibility index (Phi) is 3.73. The highest BCUT2D eigenvalue weighted by molar-refractivity contribution is 5.54. The highest BCUT2D eigenvalue weighted by Crippen LogP contribution is 2.24. The van der Waals surface area contributed by atoms with Crippen LogP contribution in [0.4, 0.5) is 8.78 Å². The van der Waals surface area contributed by atoms with Crippen LogP contribution in [0.5, 0.6) is 0 Å². The standard InChI is InChI=1S/C14H15F2N3O/c15-10-6-9(7-11(16)8-10)13-18-14(20-19-13)12-4-2-1-3-5-17-12/h6-8,12,17H,1-5H2. The average molecular weight is 279 g/mol. The summed E-state index contributed by atoms with van der Waals surface area (Å²) >= 11 is 0. The molecule has 0 spiro atoms. The Bertz CT molecular complexity index is 572. The molecule has 1 aromatic carbocycles. The summed E-state index contributed by atoms with van der Waals surface area (Å²) in [6, 6.07) is 3.23. The summed E-state index contributed by atoms with van der Waals surface area (Å²) in [5.74, 6) is -0.617. The maximum absolute atomic E-state index is 13.2. The zero-order valence-corrected chi connectivity index (χ0v) is 10.9. The van der Waals surface area contributed by atoms with Gasteiger partial charge >= 0.3 is 0 Å². The van der Waals surface area contributed by atoms with Crippen LogP contribution in [-0.4, -0.2) is 16.7 Å². The monoisotopic (exact) mass is 279 g/mol. The SMILES string of the molecule is Fc1cc(F)cc(-c2noc(C3CCCCCN3)n2)c1. The van der Waals surface area contributed by atoms with E-state index in [1.54, 1.807) is 0 Å². The largest absolute Gasteiger partial charge is 0.337 e. The van der Waals surface area contributed by atoms with Gasteiger partial charge < -0.3 is 9.84 Å². The van der Waals surface area contributed by atoms with Crippen LogP contribution >= 0.6 is 0 Å². The van der Waals surface area contributed by atoms with Gasteiger partial charge in [0.15, 0.2) is 0 Å². The fourth-order valence-electron chi connectivity index (χ4n) is 2.42. The van der Waals surface area contributed by atoms with E-state index in [2.05, 4.69) is 15.5 Å². The Morgan fingerprint density at radius 2 is 1.90 bits per heavy atom. The van der Waals surface area contributed by atoms with Gasteiger partial charge in [-0.25, -0.2) is 8.78 Å². The van der Waals surface area contributed by atoms with E-state index >= 15 is 0 Å². The molecule has 0 bridgehead atoms. The molecule has 0 aliphatic carbocycles. The van der Waals surface area contributed by atoms with Crippen molar-refractivity contribution in [2.75, 3.05) is 6.54 Å². The average Bonchev–Trinajstić information content (AvgIpc) is 2.74. The first-order valence-corrected chi connectivity index (χ1v) is 6.76. The summed E-state index contributed by atoms with van der Waals surface area (Å²) in [4.78, 5) is 4.25. The first kappa shape index (κ1) is 13.2.